The van der Waals surface area contributed by atoms with Crippen molar-refractivity contribution in [2.45, 2.75) is 31.9 Å². The van der Waals surface area contributed by atoms with Gasteiger partial charge in [-0.15, -0.1) is 0 Å². The normalized spacial score (nSPS) is 11.4. The molecule has 4 N–H and O–H groups in total. The number of nitrogens with two attached hydrogens (primary N) is 1. The van der Waals surface area contributed by atoms with Gasteiger partial charge in [0.05, 0.1) is 0 Å². The highest BCUT2D eigenvalue weighted by atomic mass is 32.2. The standard InChI is InChI=1S/C11H21N5S/c1-5-8-14-9(6-10(15-8)16-12)13-7-11(2,3)17-4/h6H,5,7,12H2,1-4H3,(H2,13,14,15,16). The predicted molar refractivity (Wildman–Crippen MR) is 75.3 cm³/mol. The zero-order chi connectivity index (χ0) is 12.9. The van der Waals surface area contributed by atoms with Gasteiger partial charge in [0.1, 0.15) is 17.5 Å². The lowest BCUT2D eigenvalue weighted by atomic mass is 10.2. The zero-order valence-electron chi connectivity index (χ0n) is 10.9. The highest BCUT2D eigenvalue weighted by Gasteiger charge is 2.15. The van der Waals surface area contributed by atoms with Crippen LogP contribution in [0.15, 0.2) is 6.07 Å². The van der Waals surface area contributed by atoms with Gasteiger partial charge in [0.2, 0.25) is 0 Å². The van der Waals surface area contributed by atoms with Gasteiger partial charge < -0.3 is 10.7 Å². The summed E-state index contributed by atoms with van der Waals surface area (Å²) in [5.41, 5.74) is 2.56. The fraction of sp³-hybridized carbons (Fsp3) is 0.636. The first-order valence-corrected chi connectivity index (χ1v) is 6.87. The van der Waals surface area contributed by atoms with Crippen LogP contribution in [0.25, 0.3) is 0 Å². The van der Waals surface area contributed by atoms with E-state index in [0.29, 0.717) is 5.82 Å². The van der Waals surface area contributed by atoms with E-state index in [1.54, 1.807) is 0 Å². The Morgan fingerprint density at radius 3 is 2.53 bits per heavy atom. The molecule has 0 atom stereocenters. The molecule has 0 fully saturated rings. The van der Waals surface area contributed by atoms with Crippen LogP contribution < -0.4 is 16.6 Å². The average molecular weight is 255 g/mol. The van der Waals surface area contributed by atoms with E-state index in [1.165, 1.54) is 0 Å². The third-order valence-electron chi connectivity index (χ3n) is 2.48. The number of hydrogen-bond donors (Lipinski definition) is 3. The van der Waals surface area contributed by atoms with Gasteiger partial charge in [0.25, 0.3) is 0 Å². The van der Waals surface area contributed by atoms with E-state index >= 15 is 0 Å². The van der Waals surface area contributed by atoms with Crippen LogP contribution in [0.1, 0.15) is 26.6 Å². The van der Waals surface area contributed by atoms with Crippen LogP contribution in [0, 0.1) is 0 Å². The second kappa shape index (κ2) is 6.07. The van der Waals surface area contributed by atoms with Gasteiger partial charge in [-0.05, 0) is 20.1 Å². The molecular formula is C11H21N5S. The van der Waals surface area contributed by atoms with Crippen LogP contribution in [0.3, 0.4) is 0 Å². The van der Waals surface area contributed by atoms with Crippen molar-refractivity contribution in [3.05, 3.63) is 11.9 Å². The highest BCUT2D eigenvalue weighted by molar-refractivity contribution is 7.99. The average Bonchev–Trinajstić information content (AvgIpc) is 2.36. The van der Waals surface area contributed by atoms with Gasteiger partial charge in [0, 0.05) is 23.8 Å². The van der Waals surface area contributed by atoms with Crippen LogP contribution in [-0.2, 0) is 6.42 Å². The smallest absolute Gasteiger partial charge is 0.145 e. The monoisotopic (exact) mass is 255 g/mol. The van der Waals surface area contributed by atoms with Crippen molar-refractivity contribution in [1.29, 1.82) is 0 Å². The van der Waals surface area contributed by atoms with Crippen molar-refractivity contribution in [3.8, 4) is 0 Å². The van der Waals surface area contributed by atoms with Crippen molar-refractivity contribution in [2.24, 2.45) is 5.84 Å². The summed E-state index contributed by atoms with van der Waals surface area (Å²) in [4.78, 5) is 8.65. The molecule has 1 heterocycles. The Morgan fingerprint density at radius 1 is 1.35 bits per heavy atom. The summed E-state index contributed by atoms with van der Waals surface area (Å²) in [7, 11) is 0. The Balaban J connectivity index is 2.76. The third-order valence-corrected chi connectivity index (χ3v) is 3.73. The summed E-state index contributed by atoms with van der Waals surface area (Å²) in [6.45, 7) is 7.24. The molecule has 0 saturated carbocycles. The molecule has 0 bridgehead atoms. The Kier molecular flexibility index (Phi) is 5.02. The molecule has 6 heteroatoms. The van der Waals surface area contributed by atoms with Crippen molar-refractivity contribution >= 4 is 23.4 Å². The Bertz CT molecular complexity index is 345. The number of hydrogen-bond acceptors (Lipinski definition) is 6. The second-order valence-electron chi connectivity index (χ2n) is 4.37. The van der Waals surface area contributed by atoms with E-state index < -0.39 is 0 Å². The van der Waals surface area contributed by atoms with E-state index in [4.69, 9.17) is 5.84 Å². The first kappa shape index (κ1) is 14.1. The minimum absolute atomic E-state index is 0.174. The Hall–Kier alpha value is -1.01. The van der Waals surface area contributed by atoms with Gasteiger partial charge >= 0.3 is 0 Å². The molecule has 0 spiro atoms. The third kappa shape index (κ3) is 4.40. The lowest BCUT2D eigenvalue weighted by Crippen LogP contribution is -2.26. The van der Waals surface area contributed by atoms with Gasteiger partial charge in [-0.3, -0.25) is 0 Å². The molecule has 0 aliphatic heterocycles. The van der Waals surface area contributed by atoms with E-state index in [9.17, 15) is 0 Å². The predicted octanol–water partition coefficient (Wildman–Crippen LogP) is 1.88. The fourth-order valence-corrected chi connectivity index (χ4v) is 1.41. The number of nitrogen functional groups attached to an aromatic ring is 1. The number of thioether (sulfide) groups is 1. The summed E-state index contributed by atoms with van der Waals surface area (Å²) >= 11 is 1.82. The van der Waals surface area contributed by atoms with Gasteiger partial charge in [0.15, 0.2) is 0 Å². The number of aryl methyl sites for hydroxylation is 1. The number of nitrogens with one attached hydrogen (secondary N) is 2. The molecule has 1 aromatic heterocycles. The molecule has 0 aliphatic rings. The molecule has 1 aromatic rings. The largest absolute Gasteiger partial charge is 0.369 e. The molecule has 0 radical (unpaired) electrons. The summed E-state index contributed by atoms with van der Waals surface area (Å²) < 4.78 is 0.174. The maximum absolute atomic E-state index is 5.38. The van der Waals surface area contributed by atoms with Crippen molar-refractivity contribution in [2.75, 3.05) is 23.5 Å². The molecular weight excluding hydrogens is 234 g/mol. The van der Waals surface area contributed by atoms with Crippen molar-refractivity contribution < 1.29 is 0 Å². The maximum Gasteiger partial charge on any atom is 0.145 e. The van der Waals surface area contributed by atoms with Crippen LogP contribution in [0.4, 0.5) is 11.6 Å². The summed E-state index contributed by atoms with van der Waals surface area (Å²) in [5, 5.41) is 3.32. The fourth-order valence-electron chi connectivity index (χ4n) is 1.20. The van der Waals surface area contributed by atoms with Gasteiger partial charge in [-0.25, -0.2) is 15.8 Å². The Labute approximate surface area is 107 Å². The van der Waals surface area contributed by atoms with Gasteiger partial charge in [-0.1, -0.05) is 6.92 Å². The van der Waals surface area contributed by atoms with Crippen molar-refractivity contribution in [3.63, 3.8) is 0 Å². The van der Waals surface area contributed by atoms with E-state index in [2.05, 4.69) is 40.8 Å². The quantitative estimate of drug-likeness (QED) is 0.532. The van der Waals surface area contributed by atoms with E-state index in [0.717, 1.165) is 24.6 Å². The molecule has 0 aliphatic carbocycles. The first-order valence-electron chi connectivity index (χ1n) is 5.64. The van der Waals surface area contributed by atoms with Gasteiger partial charge in [-0.2, -0.15) is 11.8 Å². The Morgan fingerprint density at radius 2 is 2.00 bits per heavy atom. The molecule has 1 rings (SSSR count). The van der Waals surface area contributed by atoms with E-state index in [1.807, 2.05) is 24.8 Å². The lowest BCUT2D eigenvalue weighted by molar-refractivity contribution is 0.748. The lowest BCUT2D eigenvalue weighted by Gasteiger charge is -2.22. The number of nitrogens with zero attached hydrogens (tertiary/aromatic N) is 2. The van der Waals surface area contributed by atoms with Crippen molar-refractivity contribution in [1.82, 2.24) is 9.97 Å². The maximum atomic E-state index is 5.38. The van der Waals surface area contributed by atoms with Crippen LogP contribution >= 0.6 is 11.8 Å². The molecule has 0 unspecified atom stereocenters. The number of hydrazine groups is 1. The second-order valence-corrected chi connectivity index (χ2v) is 5.88. The molecule has 5 nitrogen and oxygen atoms in total. The summed E-state index contributed by atoms with van der Waals surface area (Å²) in [6.07, 6.45) is 2.89. The van der Waals surface area contributed by atoms with Crippen LogP contribution in [0.5, 0.6) is 0 Å². The summed E-state index contributed by atoms with van der Waals surface area (Å²) in [6, 6.07) is 1.82. The topological polar surface area (TPSA) is 75.9 Å². The molecule has 17 heavy (non-hydrogen) atoms. The number of rotatable bonds is 6. The molecule has 0 saturated heterocycles. The zero-order valence-corrected chi connectivity index (χ0v) is 11.7. The van der Waals surface area contributed by atoms with Crippen LogP contribution in [-0.4, -0.2) is 27.5 Å². The first-order chi connectivity index (χ1) is 8.00. The molecule has 0 amide bonds. The highest BCUT2D eigenvalue weighted by Crippen LogP contribution is 2.21. The minimum Gasteiger partial charge on any atom is -0.369 e. The molecule has 96 valence electrons. The number of anilines is 2. The number of aromatic nitrogens is 2. The molecule has 0 aromatic carbocycles. The van der Waals surface area contributed by atoms with E-state index in [-0.39, 0.29) is 4.75 Å². The summed E-state index contributed by atoms with van der Waals surface area (Å²) in [5.74, 6) is 7.61. The minimum atomic E-state index is 0.174. The SMILES string of the molecule is CCc1nc(NN)cc(NCC(C)(C)SC)n1. The van der Waals surface area contributed by atoms with Crippen LogP contribution in [0.2, 0.25) is 0 Å².